The molecule has 1 aliphatic rings. The van der Waals surface area contributed by atoms with Crippen LogP contribution in [0.5, 0.6) is 0 Å². The van der Waals surface area contributed by atoms with E-state index in [1.54, 1.807) is 0 Å². The van der Waals surface area contributed by atoms with Crippen LogP contribution in [0.4, 0.5) is 8.78 Å². The number of rotatable bonds is 2. The number of hydrogen-bond acceptors (Lipinski definition) is 3. The van der Waals surface area contributed by atoms with E-state index in [9.17, 15) is 18.4 Å². The van der Waals surface area contributed by atoms with Gasteiger partial charge >= 0.3 is 5.97 Å². The van der Waals surface area contributed by atoms with Crippen LogP contribution >= 0.6 is 0 Å². The highest BCUT2D eigenvalue weighted by molar-refractivity contribution is 6.04. The second-order valence-corrected chi connectivity index (χ2v) is 4.02. The van der Waals surface area contributed by atoms with Crippen LogP contribution in [0.3, 0.4) is 0 Å². The Kier molecular flexibility index (Phi) is 3.75. The topological polar surface area (TPSA) is 66.8 Å². The van der Waals surface area contributed by atoms with Crippen molar-refractivity contribution < 1.29 is 28.2 Å². The molecule has 1 fully saturated rings. The molecule has 0 spiro atoms. The molecule has 0 atom stereocenters. The van der Waals surface area contributed by atoms with Gasteiger partial charge in [-0.15, -0.1) is 0 Å². The summed E-state index contributed by atoms with van der Waals surface area (Å²) in [6.07, 6.45) is 0. The highest BCUT2D eigenvalue weighted by atomic mass is 19.2. The standard InChI is InChI=1S/C12H11F2NO4/c13-9-5-7(8(12(17)18)6-10(9)14)11(16)15-1-3-19-4-2-15/h5-6H,1-4H2,(H,17,18). The van der Waals surface area contributed by atoms with Gasteiger partial charge in [0, 0.05) is 13.1 Å². The highest BCUT2D eigenvalue weighted by Crippen LogP contribution is 2.18. The maximum absolute atomic E-state index is 13.2. The molecule has 1 N–H and O–H groups in total. The molecule has 1 amide bonds. The molecular formula is C12H11F2NO4. The smallest absolute Gasteiger partial charge is 0.336 e. The van der Waals surface area contributed by atoms with Crippen molar-refractivity contribution >= 4 is 11.9 Å². The maximum atomic E-state index is 13.2. The molecule has 1 saturated heterocycles. The van der Waals surface area contributed by atoms with Crippen molar-refractivity contribution in [3.8, 4) is 0 Å². The monoisotopic (exact) mass is 271 g/mol. The Morgan fingerprint density at radius 2 is 1.63 bits per heavy atom. The van der Waals surface area contributed by atoms with Gasteiger partial charge in [-0.2, -0.15) is 0 Å². The molecular weight excluding hydrogens is 260 g/mol. The third kappa shape index (κ3) is 2.70. The first kappa shape index (κ1) is 13.4. The second kappa shape index (κ2) is 5.31. The third-order valence-electron chi connectivity index (χ3n) is 2.82. The number of halogens is 2. The molecule has 0 aromatic heterocycles. The first-order valence-corrected chi connectivity index (χ1v) is 5.60. The Morgan fingerprint density at radius 1 is 1.11 bits per heavy atom. The van der Waals surface area contributed by atoms with Gasteiger partial charge in [0.1, 0.15) is 0 Å². The van der Waals surface area contributed by atoms with E-state index in [1.165, 1.54) is 4.90 Å². The summed E-state index contributed by atoms with van der Waals surface area (Å²) in [5.74, 6) is -4.66. The van der Waals surface area contributed by atoms with Crippen LogP contribution in [0.15, 0.2) is 12.1 Å². The van der Waals surface area contributed by atoms with Gasteiger partial charge in [-0.25, -0.2) is 13.6 Å². The first-order chi connectivity index (χ1) is 9.00. The number of carbonyl (C=O) groups is 2. The van der Waals surface area contributed by atoms with Gasteiger partial charge in [0.05, 0.1) is 24.3 Å². The number of hydrogen-bond donors (Lipinski definition) is 1. The summed E-state index contributed by atoms with van der Waals surface area (Å²) in [5, 5.41) is 8.94. The zero-order valence-corrected chi connectivity index (χ0v) is 9.86. The quantitative estimate of drug-likeness (QED) is 0.875. The maximum Gasteiger partial charge on any atom is 0.336 e. The Morgan fingerprint density at radius 3 is 2.16 bits per heavy atom. The van der Waals surface area contributed by atoms with E-state index in [1.807, 2.05) is 0 Å². The summed E-state index contributed by atoms with van der Waals surface area (Å²) < 4.78 is 31.3. The van der Waals surface area contributed by atoms with E-state index in [-0.39, 0.29) is 18.7 Å². The Bertz CT molecular complexity index is 527. The van der Waals surface area contributed by atoms with Crippen molar-refractivity contribution in [3.05, 3.63) is 34.9 Å². The fourth-order valence-electron chi connectivity index (χ4n) is 1.84. The molecule has 5 nitrogen and oxygen atoms in total. The lowest BCUT2D eigenvalue weighted by Gasteiger charge is -2.27. The molecule has 2 rings (SSSR count). The van der Waals surface area contributed by atoms with E-state index in [0.29, 0.717) is 25.3 Å². The van der Waals surface area contributed by atoms with Crippen LogP contribution in [0.1, 0.15) is 20.7 Å². The second-order valence-electron chi connectivity index (χ2n) is 4.02. The van der Waals surface area contributed by atoms with Crippen molar-refractivity contribution in [2.24, 2.45) is 0 Å². The molecule has 0 bridgehead atoms. The van der Waals surface area contributed by atoms with Crippen molar-refractivity contribution in [3.63, 3.8) is 0 Å². The zero-order valence-electron chi connectivity index (χ0n) is 9.86. The van der Waals surface area contributed by atoms with E-state index in [4.69, 9.17) is 9.84 Å². The largest absolute Gasteiger partial charge is 0.478 e. The summed E-state index contributed by atoms with van der Waals surface area (Å²) in [4.78, 5) is 24.4. The van der Waals surface area contributed by atoms with Crippen LogP contribution in [0.2, 0.25) is 0 Å². The number of carbonyl (C=O) groups excluding carboxylic acids is 1. The minimum Gasteiger partial charge on any atom is -0.478 e. The Labute approximate surface area is 107 Å². The third-order valence-corrected chi connectivity index (χ3v) is 2.82. The SMILES string of the molecule is O=C(O)c1cc(F)c(F)cc1C(=O)N1CCOCC1. The van der Waals surface area contributed by atoms with Gasteiger partial charge in [-0.05, 0) is 12.1 Å². The van der Waals surface area contributed by atoms with E-state index in [0.717, 1.165) is 0 Å². The average molecular weight is 271 g/mol. The zero-order chi connectivity index (χ0) is 14.0. The van der Waals surface area contributed by atoms with Gasteiger partial charge < -0.3 is 14.7 Å². The summed E-state index contributed by atoms with van der Waals surface area (Å²) in [5.41, 5.74) is -0.899. The van der Waals surface area contributed by atoms with Gasteiger partial charge in [0.2, 0.25) is 0 Å². The van der Waals surface area contributed by atoms with Crippen molar-refractivity contribution in [2.75, 3.05) is 26.3 Å². The molecule has 102 valence electrons. The number of aromatic carboxylic acids is 1. The molecule has 19 heavy (non-hydrogen) atoms. The van der Waals surface area contributed by atoms with Crippen molar-refractivity contribution in [1.82, 2.24) is 4.90 Å². The van der Waals surface area contributed by atoms with Crippen molar-refractivity contribution in [2.45, 2.75) is 0 Å². The number of amides is 1. The number of carboxylic acid groups (broad SMARTS) is 1. The van der Waals surface area contributed by atoms with Gasteiger partial charge in [0.25, 0.3) is 5.91 Å². The van der Waals surface area contributed by atoms with Gasteiger partial charge in [-0.3, -0.25) is 4.79 Å². The van der Waals surface area contributed by atoms with Crippen LogP contribution < -0.4 is 0 Å². The number of ether oxygens (including phenoxy) is 1. The average Bonchev–Trinajstić information content (AvgIpc) is 2.41. The predicted molar refractivity (Wildman–Crippen MR) is 60.0 cm³/mol. The van der Waals surface area contributed by atoms with Gasteiger partial charge in [0.15, 0.2) is 11.6 Å². The molecule has 1 heterocycles. The van der Waals surface area contributed by atoms with Crippen LogP contribution in [-0.2, 0) is 4.74 Å². The van der Waals surface area contributed by atoms with Crippen LogP contribution in [0, 0.1) is 11.6 Å². The molecule has 1 aromatic carbocycles. The predicted octanol–water partition coefficient (Wildman–Crippen LogP) is 1.14. The Balaban J connectivity index is 2.39. The van der Waals surface area contributed by atoms with Gasteiger partial charge in [-0.1, -0.05) is 0 Å². The number of carboxylic acids is 1. The first-order valence-electron chi connectivity index (χ1n) is 5.60. The number of morpholine rings is 1. The summed E-state index contributed by atoms with van der Waals surface area (Å²) in [7, 11) is 0. The van der Waals surface area contributed by atoms with Crippen molar-refractivity contribution in [1.29, 1.82) is 0 Å². The molecule has 0 aliphatic carbocycles. The van der Waals surface area contributed by atoms with E-state index >= 15 is 0 Å². The van der Waals surface area contributed by atoms with E-state index in [2.05, 4.69) is 0 Å². The summed E-state index contributed by atoms with van der Waals surface area (Å²) in [6, 6.07) is 1.14. The lowest BCUT2D eigenvalue weighted by molar-refractivity contribution is 0.0300. The lowest BCUT2D eigenvalue weighted by atomic mass is 10.1. The normalized spacial score (nSPS) is 15.4. The summed E-state index contributed by atoms with van der Waals surface area (Å²) >= 11 is 0. The number of nitrogens with zero attached hydrogens (tertiary/aromatic N) is 1. The molecule has 1 aromatic rings. The number of benzene rings is 1. The highest BCUT2D eigenvalue weighted by Gasteiger charge is 2.25. The molecule has 0 radical (unpaired) electrons. The Hall–Kier alpha value is -2.02. The lowest BCUT2D eigenvalue weighted by Crippen LogP contribution is -2.41. The molecule has 0 saturated carbocycles. The van der Waals surface area contributed by atoms with Crippen LogP contribution in [-0.4, -0.2) is 48.2 Å². The summed E-state index contributed by atoms with van der Waals surface area (Å²) in [6.45, 7) is 1.24. The fourth-order valence-corrected chi connectivity index (χ4v) is 1.84. The fraction of sp³-hybridized carbons (Fsp3) is 0.333. The van der Waals surface area contributed by atoms with Crippen LogP contribution in [0.25, 0.3) is 0 Å². The minimum atomic E-state index is -1.48. The molecule has 0 unspecified atom stereocenters. The molecule has 1 aliphatic heterocycles. The molecule has 7 heteroatoms. The van der Waals surface area contributed by atoms with E-state index < -0.39 is 29.1 Å². The minimum absolute atomic E-state index is 0.289.